The van der Waals surface area contributed by atoms with Gasteiger partial charge in [-0.15, -0.1) is 0 Å². The van der Waals surface area contributed by atoms with Gasteiger partial charge in [0.2, 0.25) is 0 Å². The molecule has 1 aromatic rings. The standard InChI is InChI=1S/C7H5N3O2.NO3/c11-10(12)5-1-2-6-7(3-5)9-4-8-6;2-1(3)4/h1-4H,(H,8,9);/q;-1/p+1. The number of hydrogen-bond donors (Lipinski definition) is 1. The summed E-state index contributed by atoms with van der Waals surface area (Å²) in [6, 6.07) is 4.64. The van der Waals surface area contributed by atoms with Crippen LogP contribution in [0.5, 0.6) is 0 Å². The Morgan fingerprint density at radius 2 is 1.81 bits per heavy atom. The van der Waals surface area contributed by atoms with Crippen molar-refractivity contribution < 1.29 is 15.3 Å². The molecule has 1 aliphatic rings. The normalized spacial score (nSPS) is 11.2. The molecule has 1 aliphatic heterocycles. The molecule has 9 nitrogen and oxygen atoms in total. The minimum atomic E-state index is -1.75. The van der Waals surface area contributed by atoms with E-state index in [0.29, 0.717) is 5.69 Å². The Bertz CT molecular complexity index is 454. The lowest BCUT2D eigenvalue weighted by Crippen LogP contribution is -2.74. The maximum Gasteiger partial charge on any atom is 0.272 e. The van der Waals surface area contributed by atoms with E-state index in [9.17, 15) is 10.1 Å². The molecule has 0 atom stereocenters. The van der Waals surface area contributed by atoms with Crippen LogP contribution in [0.15, 0.2) is 23.2 Å². The Hall–Kier alpha value is -2.55. The van der Waals surface area contributed by atoms with Gasteiger partial charge in [-0.3, -0.25) is 15.4 Å². The molecule has 0 fully saturated rings. The quantitative estimate of drug-likeness (QED) is 0.414. The molecule has 0 aliphatic carbocycles. The van der Waals surface area contributed by atoms with Crippen molar-refractivity contribution in [2.45, 2.75) is 0 Å². The second-order valence-corrected chi connectivity index (χ2v) is 2.67. The van der Waals surface area contributed by atoms with Crippen molar-refractivity contribution in [3.05, 3.63) is 43.6 Å². The summed E-state index contributed by atoms with van der Waals surface area (Å²) >= 11 is 0. The van der Waals surface area contributed by atoms with E-state index in [-0.39, 0.29) is 5.69 Å². The topological polar surface area (TPSA) is 138 Å². The van der Waals surface area contributed by atoms with Gasteiger partial charge in [0.05, 0.1) is 10.0 Å². The van der Waals surface area contributed by atoms with Gasteiger partial charge in [-0.25, -0.2) is 0 Å². The number of fused-ring (bicyclic) bond motifs is 1. The highest BCUT2D eigenvalue weighted by atomic mass is 16.9. The van der Waals surface area contributed by atoms with Crippen LogP contribution >= 0.6 is 0 Å². The fourth-order valence-corrected chi connectivity index (χ4v) is 1.10. The molecule has 2 rings (SSSR count). The molecule has 1 heterocycles. The predicted molar refractivity (Wildman–Crippen MR) is 53.2 cm³/mol. The maximum atomic E-state index is 10.3. The molecule has 0 radical (unpaired) electrons. The SMILES string of the molecule is O=[N+]([O-])[O-].O=[N+]([O-])c1ccc2c(c1)N=C[NH2+]2. The van der Waals surface area contributed by atoms with E-state index in [1.807, 2.05) is 5.32 Å². The summed E-state index contributed by atoms with van der Waals surface area (Å²) < 4.78 is 0. The number of nitro groups is 1. The Labute approximate surface area is 88.3 Å². The highest BCUT2D eigenvalue weighted by Gasteiger charge is 2.15. The van der Waals surface area contributed by atoms with Crippen molar-refractivity contribution in [1.29, 1.82) is 0 Å². The van der Waals surface area contributed by atoms with Gasteiger partial charge in [-0.05, 0) is 0 Å². The zero-order chi connectivity index (χ0) is 12.1. The van der Waals surface area contributed by atoms with Crippen LogP contribution in [0.2, 0.25) is 0 Å². The molecular weight excluding hydrogens is 220 g/mol. The van der Waals surface area contributed by atoms with Gasteiger partial charge in [0.1, 0.15) is 5.69 Å². The summed E-state index contributed by atoms with van der Waals surface area (Å²) in [6.45, 7) is 0. The van der Waals surface area contributed by atoms with E-state index in [4.69, 9.17) is 15.3 Å². The monoisotopic (exact) mass is 226 g/mol. The first-order valence-electron chi connectivity index (χ1n) is 3.98. The van der Waals surface area contributed by atoms with Crippen LogP contribution in [0.3, 0.4) is 0 Å². The minimum Gasteiger partial charge on any atom is -0.356 e. The maximum absolute atomic E-state index is 10.3. The van der Waals surface area contributed by atoms with E-state index in [1.165, 1.54) is 12.1 Å². The molecule has 0 saturated heterocycles. The van der Waals surface area contributed by atoms with Crippen LogP contribution < -0.4 is 5.32 Å². The van der Waals surface area contributed by atoms with Crippen molar-refractivity contribution >= 4 is 23.4 Å². The van der Waals surface area contributed by atoms with Crippen molar-refractivity contribution in [3.63, 3.8) is 0 Å². The summed E-state index contributed by atoms with van der Waals surface area (Å²) in [5.74, 6) is 0. The number of nitrogens with two attached hydrogens (primary N) is 1. The Kier molecular flexibility index (Phi) is 3.45. The second kappa shape index (κ2) is 4.79. The molecule has 1 aromatic carbocycles. The first-order valence-corrected chi connectivity index (χ1v) is 3.98. The first kappa shape index (κ1) is 11.5. The van der Waals surface area contributed by atoms with Gasteiger partial charge < -0.3 is 15.3 Å². The Morgan fingerprint density at radius 1 is 1.19 bits per heavy atom. The molecule has 16 heavy (non-hydrogen) atoms. The van der Waals surface area contributed by atoms with Crippen LogP contribution in [0.25, 0.3) is 0 Å². The number of hydrogen-bond acceptors (Lipinski definition) is 6. The Morgan fingerprint density at radius 3 is 2.38 bits per heavy atom. The lowest BCUT2D eigenvalue weighted by atomic mass is 10.2. The van der Waals surface area contributed by atoms with Gasteiger partial charge in [0.15, 0.2) is 12.0 Å². The number of nitrogens with zero attached hydrogens (tertiary/aromatic N) is 3. The lowest BCUT2D eigenvalue weighted by Gasteiger charge is -1.92. The average Bonchev–Trinajstić information content (AvgIpc) is 2.62. The van der Waals surface area contributed by atoms with E-state index in [1.54, 1.807) is 12.4 Å². The van der Waals surface area contributed by atoms with Gasteiger partial charge in [0.25, 0.3) is 5.69 Å². The minimum absolute atomic E-state index is 0.0844. The largest absolute Gasteiger partial charge is 0.356 e. The molecule has 0 saturated carbocycles. The summed E-state index contributed by atoms with van der Waals surface area (Å²) in [7, 11) is 0. The molecule has 2 N–H and O–H groups in total. The van der Waals surface area contributed by atoms with Crippen LogP contribution in [0.1, 0.15) is 0 Å². The van der Waals surface area contributed by atoms with Crippen LogP contribution in [-0.2, 0) is 0 Å². The van der Waals surface area contributed by atoms with Crippen LogP contribution in [0.4, 0.5) is 17.1 Å². The number of nitro benzene ring substituents is 1. The fraction of sp³-hybridized carbons (Fsp3) is 0. The Balaban J connectivity index is 0.000000280. The third kappa shape index (κ3) is 2.99. The molecule has 0 aromatic heterocycles. The number of quaternary nitrogens is 1. The third-order valence-electron chi connectivity index (χ3n) is 1.69. The molecular formula is C7H6N4O5. The zero-order valence-corrected chi connectivity index (χ0v) is 7.77. The van der Waals surface area contributed by atoms with Crippen molar-refractivity contribution in [3.8, 4) is 0 Å². The number of benzene rings is 1. The highest BCUT2D eigenvalue weighted by Crippen LogP contribution is 2.27. The van der Waals surface area contributed by atoms with Crippen LogP contribution in [0, 0.1) is 25.4 Å². The molecule has 0 unspecified atom stereocenters. The molecule has 9 heteroatoms. The summed E-state index contributed by atoms with van der Waals surface area (Å²) in [6.07, 6.45) is 1.63. The van der Waals surface area contributed by atoms with E-state index < -0.39 is 10.0 Å². The summed E-state index contributed by atoms with van der Waals surface area (Å²) in [5.41, 5.74) is 1.69. The van der Waals surface area contributed by atoms with Gasteiger partial charge in [0, 0.05) is 18.2 Å². The summed E-state index contributed by atoms with van der Waals surface area (Å²) in [5, 5.41) is 26.9. The summed E-state index contributed by atoms with van der Waals surface area (Å²) in [4.78, 5) is 22.1. The molecule has 0 bridgehead atoms. The molecule has 84 valence electrons. The van der Waals surface area contributed by atoms with Crippen molar-refractivity contribution in [2.75, 3.05) is 0 Å². The van der Waals surface area contributed by atoms with Gasteiger partial charge in [-0.2, -0.15) is 4.99 Å². The van der Waals surface area contributed by atoms with Crippen molar-refractivity contribution in [2.24, 2.45) is 4.99 Å². The average molecular weight is 226 g/mol. The first-order chi connectivity index (χ1) is 7.50. The van der Waals surface area contributed by atoms with E-state index in [2.05, 4.69) is 4.99 Å². The fourth-order valence-electron chi connectivity index (χ4n) is 1.10. The zero-order valence-electron chi connectivity index (χ0n) is 7.77. The van der Waals surface area contributed by atoms with Gasteiger partial charge in [-0.1, -0.05) is 0 Å². The smallest absolute Gasteiger partial charge is 0.272 e. The van der Waals surface area contributed by atoms with E-state index >= 15 is 0 Å². The van der Waals surface area contributed by atoms with Crippen molar-refractivity contribution in [1.82, 2.24) is 0 Å². The predicted octanol–water partition coefficient (Wildman–Crippen LogP) is 0.224. The van der Waals surface area contributed by atoms with E-state index in [0.717, 1.165) is 5.69 Å². The second-order valence-electron chi connectivity index (χ2n) is 2.67. The number of rotatable bonds is 1. The highest BCUT2D eigenvalue weighted by molar-refractivity contribution is 5.72. The number of aliphatic imine (C=N–C) groups is 1. The van der Waals surface area contributed by atoms with Gasteiger partial charge >= 0.3 is 0 Å². The molecule has 0 amide bonds. The lowest BCUT2D eigenvalue weighted by molar-refractivity contribution is -0.428. The third-order valence-corrected chi connectivity index (χ3v) is 1.69. The molecule has 0 spiro atoms. The number of non-ortho nitro benzene ring substituents is 1. The van der Waals surface area contributed by atoms with Crippen LogP contribution in [-0.4, -0.2) is 16.3 Å².